The lowest BCUT2D eigenvalue weighted by atomic mass is 10.1. The Morgan fingerprint density at radius 2 is 2.00 bits per heavy atom. The van der Waals surface area contributed by atoms with E-state index in [1.807, 2.05) is 0 Å². The third-order valence-electron chi connectivity index (χ3n) is 4.49. The average Bonchev–Trinajstić information content (AvgIpc) is 3.11. The van der Waals surface area contributed by atoms with Crippen molar-refractivity contribution in [2.24, 2.45) is 22.9 Å². The number of oxime groups is 1. The number of nitrogens with zero attached hydrogens (tertiary/aromatic N) is 2. The highest BCUT2D eigenvalue weighted by Gasteiger charge is 2.61. The Hall–Kier alpha value is -0.770. The number of piperidine rings is 1. The molecule has 2 saturated carbocycles. The maximum absolute atomic E-state index is 5.63. The van der Waals surface area contributed by atoms with Gasteiger partial charge in [-0.15, -0.1) is 0 Å². The van der Waals surface area contributed by atoms with Gasteiger partial charge in [0.05, 0.1) is 0 Å². The van der Waals surface area contributed by atoms with Crippen molar-refractivity contribution in [3.05, 3.63) is 0 Å². The van der Waals surface area contributed by atoms with Crippen LogP contribution in [0.5, 0.6) is 0 Å². The molecule has 4 rings (SSSR count). The molecule has 2 unspecified atom stereocenters. The topological polar surface area (TPSA) is 36.9 Å². The van der Waals surface area contributed by atoms with Crippen LogP contribution in [0.15, 0.2) is 5.16 Å². The molecule has 2 aliphatic carbocycles. The molecule has 2 heterocycles. The Morgan fingerprint density at radius 1 is 1.31 bits per heavy atom. The summed E-state index contributed by atoms with van der Waals surface area (Å²) in [6, 6.07) is 0.700. The molecule has 0 aromatic rings. The van der Waals surface area contributed by atoms with E-state index in [-0.39, 0.29) is 5.72 Å². The molecule has 0 bridgehead atoms. The molecule has 88 valence electrons. The fraction of sp³-hybridized carbons (Fsp3) is 0.917. The second-order valence-corrected chi connectivity index (χ2v) is 6.10. The van der Waals surface area contributed by atoms with Gasteiger partial charge < -0.3 is 15.1 Å². The molecule has 0 aromatic heterocycles. The van der Waals surface area contributed by atoms with Gasteiger partial charge in [-0.3, -0.25) is 0 Å². The molecule has 3 fully saturated rings. The van der Waals surface area contributed by atoms with Crippen LogP contribution in [0.1, 0.15) is 26.7 Å². The van der Waals surface area contributed by atoms with Crippen molar-refractivity contribution < 1.29 is 4.84 Å². The molecular formula is C12H19N3O. The average molecular weight is 221 g/mol. The van der Waals surface area contributed by atoms with Crippen LogP contribution in [-0.2, 0) is 4.84 Å². The van der Waals surface area contributed by atoms with E-state index in [9.17, 15) is 0 Å². The second-order valence-electron chi connectivity index (χ2n) is 6.10. The minimum Gasteiger partial charge on any atom is -0.366 e. The van der Waals surface area contributed by atoms with Gasteiger partial charge in [0.15, 0.2) is 5.84 Å². The maximum atomic E-state index is 5.63. The molecule has 1 saturated heterocycles. The predicted molar refractivity (Wildman–Crippen MR) is 60.8 cm³/mol. The lowest BCUT2D eigenvalue weighted by Crippen LogP contribution is -2.46. The van der Waals surface area contributed by atoms with Gasteiger partial charge in [0, 0.05) is 12.0 Å². The summed E-state index contributed by atoms with van der Waals surface area (Å²) in [7, 11) is 0. The van der Waals surface area contributed by atoms with Gasteiger partial charge in [-0.05, 0) is 51.6 Å². The van der Waals surface area contributed by atoms with Crippen molar-refractivity contribution in [2.75, 3.05) is 13.1 Å². The second kappa shape index (κ2) is 2.73. The minimum absolute atomic E-state index is 0.208. The Kier molecular flexibility index (Phi) is 1.58. The first kappa shape index (κ1) is 9.28. The van der Waals surface area contributed by atoms with Crippen molar-refractivity contribution >= 4 is 5.84 Å². The van der Waals surface area contributed by atoms with Crippen LogP contribution >= 0.6 is 0 Å². The van der Waals surface area contributed by atoms with Crippen LogP contribution in [0.4, 0.5) is 0 Å². The lowest BCUT2D eigenvalue weighted by molar-refractivity contribution is -0.0718. The summed E-state index contributed by atoms with van der Waals surface area (Å²) < 4.78 is 0. The van der Waals surface area contributed by atoms with Gasteiger partial charge in [0.1, 0.15) is 0 Å². The van der Waals surface area contributed by atoms with Gasteiger partial charge in [0.2, 0.25) is 5.72 Å². The number of amidine groups is 1. The molecule has 4 nitrogen and oxygen atoms in total. The molecule has 2 atom stereocenters. The SMILES string of the molecule is CC1(C)ON=C(C2C3CNCC32)N1C1CC1. The number of hydrogen-bond acceptors (Lipinski definition) is 4. The van der Waals surface area contributed by atoms with E-state index < -0.39 is 0 Å². The highest BCUT2D eigenvalue weighted by molar-refractivity contribution is 5.89. The number of rotatable bonds is 2. The van der Waals surface area contributed by atoms with Crippen LogP contribution in [0.3, 0.4) is 0 Å². The van der Waals surface area contributed by atoms with Crippen LogP contribution in [-0.4, -0.2) is 35.6 Å². The number of fused-ring (bicyclic) bond motifs is 1. The van der Waals surface area contributed by atoms with Gasteiger partial charge in [0.25, 0.3) is 0 Å². The van der Waals surface area contributed by atoms with Crippen LogP contribution in [0, 0.1) is 17.8 Å². The molecule has 1 N–H and O–H groups in total. The first-order chi connectivity index (χ1) is 7.68. The summed E-state index contributed by atoms with van der Waals surface area (Å²) in [4.78, 5) is 8.08. The zero-order chi connectivity index (χ0) is 10.9. The largest absolute Gasteiger partial charge is 0.366 e. The highest BCUT2D eigenvalue weighted by atomic mass is 16.7. The van der Waals surface area contributed by atoms with Gasteiger partial charge in [-0.2, -0.15) is 0 Å². The van der Waals surface area contributed by atoms with Crippen LogP contribution < -0.4 is 5.32 Å². The summed E-state index contributed by atoms with van der Waals surface area (Å²) in [5.41, 5.74) is -0.208. The first-order valence-corrected chi connectivity index (χ1v) is 6.44. The van der Waals surface area contributed by atoms with E-state index in [0.29, 0.717) is 12.0 Å². The standard InChI is InChI=1S/C12H19N3O/c1-12(2)15(7-3-4-7)11(14-16-12)10-8-5-13-6-9(8)10/h7-10,13H,3-6H2,1-2H3. The van der Waals surface area contributed by atoms with Crippen LogP contribution in [0.25, 0.3) is 0 Å². The maximum Gasteiger partial charge on any atom is 0.205 e. The first-order valence-electron chi connectivity index (χ1n) is 6.44. The normalized spacial score (nSPS) is 44.0. The Balaban J connectivity index is 1.59. The van der Waals surface area contributed by atoms with E-state index in [1.165, 1.54) is 31.8 Å². The zero-order valence-corrected chi connectivity index (χ0v) is 9.94. The summed E-state index contributed by atoms with van der Waals surface area (Å²) in [5.74, 6) is 3.60. The minimum atomic E-state index is -0.208. The molecule has 2 aliphatic heterocycles. The van der Waals surface area contributed by atoms with Crippen molar-refractivity contribution in [3.8, 4) is 0 Å². The molecule has 4 aliphatic rings. The fourth-order valence-electron chi connectivity index (χ4n) is 3.50. The quantitative estimate of drug-likeness (QED) is 0.755. The molecule has 4 heteroatoms. The number of hydrogen-bond donors (Lipinski definition) is 1. The van der Waals surface area contributed by atoms with Crippen molar-refractivity contribution in [1.82, 2.24) is 10.2 Å². The van der Waals surface area contributed by atoms with E-state index >= 15 is 0 Å². The van der Waals surface area contributed by atoms with E-state index in [2.05, 4.69) is 29.2 Å². The zero-order valence-electron chi connectivity index (χ0n) is 9.94. The summed E-state index contributed by atoms with van der Waals surface area (Å²) in [6.45, 7) is 6.62. The molecular weight excluding hydrogens is 202 g/mol. The molecule has 0 amide bonds. The highest BCUT2D eigenvalue weighted by Crippen LogP contribution is 2.53. The Labute approximate surface area is 96.0 Å². The third-order valence-corrected chi connectivity index (χ3v) is 4.49. The van der Waals surface area contributed by atoms with E-state index in [1.54, 1.807) is 0 Å². The van der Waals surface area contributed by atoms with Crippen molar-refractivity contribution in [3.63, 3.8) is 0 Å². The molecule has 0 spiro atoms. The Bertz CT molecular complexity index is 351. The monoisotopic (exact) mass is 221 g/mol. The predicted octanol–water partition coefficient (Wildman–Crippen LogP) is 0.996. The summed E-state index contributed by atoms with van der Waals surface area (Å²) in [6.07, 6.45) is 2.62. The fourth-order valence-corrected chi connectivity index (χ4v) is 3.50. The summed E-state index contributed by atoms with van der Waals surface area (Å²) >= 11 is 0. The van der Waals surface area contributed by atoms with Crippen LogP contribution in [0.2, 0.25) is 0 Å². The lowest BCUT2D eigenvalue weighted by Gasteiger charge is -2.31. The molecule has 0 radical (unpaired) electrons. The van der Waals surface area contributed by atoms with Gasteiger partial charge in [-0.25, -0.2) is 0 Å². The molecule has 16 heavy (non-hydrogen) atoms. The summed E-state index contributed by atoms with van der Waals surface area (Å²) in [5, 5.41) is 7.83. The van der Waals surface area contributed by atoms with E-state index in [0.717, 1.165) is 11.8 Å². The van der Waals surface area contributed by atoms with Gasteiger partial charge in [-0.1, -0.05) is 5.16 Å². The molecule has 0 aromatic carbocycles. The Morgan fingerprint density at radius 3 is 2.62 bits per heavy atom. The van der Waals surface area contributed by atoms with Gasteiger partial charge >= 0.3 is 0 Å². The number of nitrogens with one attached hydrogen (secondary N) is 1. The smallest absolute Gasteiger partial charge is 0.205 e. The third kappa shape index (κ3) is 1.11. The van der Waals surface area contributed by atoms with Crippen molar-refractivity contribution in [1.29, 1.82) is 0 Å². The van der Waals surface area contributed by atoms with Crippen molar-refractivity contribution in [2.45, 2.75) is 38.5 Å². The van der Waals surface area contributed by atoms with E-state index in [4.69, 9.17) is 4.84 Å².